The summed E-state index contributed by atoms with van der Waals surface area (Å²) in [4.78, 5) is 31.8. The molecule has 1 aromatic carbocycles. The third-order valence-corrected chi connectivity index (χ3v) is 6.51. The van der Waals surface area contributed by atoms with Crippen LogP contribution >= 0.6 is 0 Å². The van der Waals surface area contributed by atoms with E-state index >= 15 is 0 Å². The third kappa shape index (κ3) is 4.73. The van der Waals surface area contributed by atoms with Crippen LogP contribution in [0.3, 0.4) is 0 Å². The quantitative estimate of drug-likeness (QED) is 0.589. The molecule has 0 radical (unpaired) electrons. The van der Waals surface area contributed by atoms with Crippen LogP contribution in [0.5, 0.6) is 0 Å². The number of aromatic nitrogens is 3. The van der Waals surface area contributed by atoms with Gasteiger partial charge in [0.25, 0.3) is 5.92 Å². The molecule has 0 aliphatic carbocycles. The fraction of sp³-hybridized carbons (Fsp3) is 0.360. The summed E-state index contributed by atoms with van der Waals surface area (Å²) < 4.78 is 27.5. The van der Waals surface area contributed by atoms with Gasteiger partial charge in [-0.05, 0) is 37.6 Å². The van der Waals surface area contributed by atoms with E-state index in [0.29, 0.717) is 23.9 Å². The lowest BCUT2D eigenvalue weighted by Crippen LogP contribution is -2.42. The topological polar surface area (TPSA) is 77.5 Å². The number of carbonyl (C=O) groups excluding carboxylic acids is 1. The number of rotatable bonds is 3. The van der Waals surface area contributed by atoms with Crippen LogP contribution in [0.25, 0.3) is 11.3 Å². The van der Waals surface area contributed by atoms with E-state index in [0.717, 1.165) is 29.9 Å². The SMILES string of the molecule is C[C@@H]1CCN(C)c2ccc(-c3cccc(N4CCC(F)(F)C4)c3)nc2N1C(=O)Nc1cnccn1. The summed E-state index contributed by atoms with van der Waals surface area (Å²) in [5, 5.41) is 2.82. The summed E-state index contributed by atoms with van der Waals surface area (Å²) in [5.74, 6) is -1.78. The van der Waals surface area contributed by atoms with Crippen molar-refractivity contribution in [3.05, 3.63) is 55.0 Å². The van der Waals surface area contributed by atoms with E-state index in [9.17, 15) is 13.6 Å². The maximum Gasteiger partial charge on any atom is 0.329 e. The highest BCUT2D eigenvalue weighted by atomic mass is 19.3. The number of carbonyl (C=O) groups is 1. The average molecular weight is 480 g/mol. The number of hydrogen-bond acceptors (Lipinski definition) is 6. The Morgan fingerprint density at radius 2 is 2.03 bits per heavy atom. The predicted octanol–water partition coefficient (Wildman–Crippen LogP) is 4.65. The molecule has 2 amide bonds. The first kappa shape index (κ1) is 22.9. The molecule has 0 unspecified atom stereocenters. The van der Waals surface area contributed by atoms with Crippen LogP contribution in [0.15, 0.2) is 55.0 Å². The molecule has 2 aliphatic rings. The van der Waals surface area contributed by atoms with Crippen LogP contribution in [0.4, 0.5) is 36.6 Å². The highest BCUT2D eigenvalue weighted by Crippen LogP contribution is 2.37. The average Bonchev–Trinajstić information content (AvgIpc) is 3.17. The second kappa shape index (κ2) is 9.09. The van der Waals surface area contributed by atoms with Gasteiger partial charge in [0, 0.05) is 56.2 Å². The van der Waals surface area contributed by atoms with Crippen LogP contribution in [0.1, 0.15) is 19.8 Å². The molecule has 2 aromatic heterocycles. The van der Waals surface area contributed by atoms with Gasteiger partial charge in [-0.25, -0.2) is 23.5 Å². The molecule has 2 aliphatic heterocycles. The maximum absolute atomic E-state index is 13.8. The fourth-order valence-electron chi connectivity index (χ4n) is 4.56. The van der Waals surface area contributed by atoms with E-state index in [1.54, 1.807) is 16.0 Å². The maximum atomic E-state index is 13.8. The molecule has 3 aromatic rings. The number of hydrogen-bond donors (Lipinski definition) is 1. The van der Waals surface area contributed by atoms with Gasteiger partial charge >= 0.3 is 6.03 Å². The lowest BCUT2D eigenvalue weighted by Gasteiger charge is -2.28. The number of urea groups is 1. The Morgan fingerprint density at radius 1 is 1.17 bits per heavy atom. The third-order valence-electron chi connectivity index (χ3n) is 6.51. The van der Waals surface area contributed by atoms with Gasteiger partial charge in [0.15, 0.2) is 11.6 Å². The van der Waals surface area contributed by atoms with Crippen LogP contribution in [-0.4, -0.2) is 59.6 Å². The molecule has 182 valence electrons. The van der Waals surface area contributed by atoms with Crippen LogP contribution in [0, 0.1) is 0 Å². The van der Waals surface area contributed by atoms with E-state index in [2.05, 4.69) is 20.2 Å². The van der Waals surface area contributed by atoms with Gasteiger partial charge in [-0.3, -0.25) is 15.2 Å². The van der Waals surface area contributed by atoms with Gasteiger partial charge < -0.3 is 9.80 Å². The smallest absolute Gasteiger partial charge is 0.329 e. The lowest BCUT2D eigenvalue weighted by atomic mass is 10.1. The number of fused-ring (bicyclic) bond motifs is 1. The summed E-state index contributed by atoms with van der Waals surface area (Å²) in [6, 6.07) is 10.9. The largest absolute Gasteiger partial charge is 0.372 e. The van der Waals surface area contributed by atoms with Crippen LogP contribution in [0.2, 0.25) is 0 Å². The van der Waals surface area contributed by atoms with Gasteiger partial charge in [0.2, 0.25) is 0 Å². The molecule has 1 atom stereocenters. The molecule has 5 rings (SSSR count). The first-order valence-electron chi connectivity index (χ1n) is 11.6. The molecule has 0 saturated carbocycles. The Kier molecular flexibility index (Phi) is 5.96. The Hall–Kier alpha value is -3.82. The number of halogens is 2. The minimum absolute atomic E-state index is 0.115. The van der Waals surface area contributed by atoms with Gasteiger partial charge in [0.1, 0.15) is 0 Å². The normalized spacial score (nSPS) is 19.3. The van der Waals surface area contributed by atoms with E-state index < -0.39 is 5.92 Å². The van der Waals surface area contributed by atoms with Crippen molar-refractivity contribution in [2.45, 2.75) is 31.7 Å². The van der Waals surface area contributed by atoms with E-state index in [4.69, 9.17) is 4.98 Å². The van der Waals surface area contributed by atoms with Crippen molar-refractivity contribution in [1.29, 1.82) is 0 Å². The summed E-state index contributed by atoms with van der Waals surface area (Å²) in [6.45, 7) is 2.78. The highest BCUT2D eigenvalue weighted by Gasteiger charge is 2.38. The Balaban J connectivity index is 1.50. The monoisotopic (exact) mass is 479 g/mol. The first-order chi connectivity index (χ1) is 16.8. The number of pyridine rings is 1. The first-order valence-corrected chi connectivity index (χ1v) is 11.6. The highest BCUT2D eigenvalue weighted by molar-refractivity contribution is 6.03. The molecule has 8 nitrogen and oxygen atoms in total. The van der Waals surface area contributed by atoms with Gasteiger partial charge in [-0.1, -0.05) is 12.1 Å². The molecule has 1 fully saturated rings. The molecule has 0 spiro atoms. The summed E-state index contributed by atoms with van der Waals surface area (Å²) in [5.41, 5.74) is 3.03. The van der Waals surface area contributed by atoms with Crippen molar-refractivity contribution in [3.63, 3.8) is 0 Å². The number of nitrogens with zero attached hydrogens (tertiary/aromatic N) is 6. The van der Waals surface area contributed by atoms with E-state index in [1.807, 2.05) is 50.4 Å². The van der Waals surface area contributed by atoms with Crippen molar-refractivity contribution in [1.82, 2.24) is 15.0 Å². The predicted molar refractivity (Wildman–Crippen MR) is 132 cm³/mol. The number of amides is 2. The van der Waals surface area contributed by atoms with Crippen molar-refractivity contribution < 1.29 is 13.6 Å². The second-order valence-electron chi connectivity index (χ2n) is 9.07. The Morgan fingerprint density at radius 3 is 2.77 bits per heavy atom. The van der Waals surface area contributed by atoms with Crippen molar-refractivity contribution in [2.75, 3.05) is 46.7 Å². The minimum Gasteiger partial charge on any atom is -0.372 e. The zero-order valence-electron chi connectivity index (χ0n) is 19.7. The zero-order valence-corrected chi connectivity index (χ0v) is 19.7. The summed E-state index contributed by atoms with van der Waals surface area (Å²) in [7, 11) is 1.98. The van der Waals surface area contributed by atoms with Crippen molar-refractivity contribution in [3.8, 4) is 11.3 Å². The molecular weight excluding hydrogens is 452 g/mol. The zero-order chi connectivity index (χ0) is 24.6. The number of nitrogens with one attached hydrogen (secondary N) is 1. The Bertz CT molecular complexity index is 1220. The minimum atomic E-state index is -2.67. The second-order valence-corrected chi connectivity index (χ2v) is 9.07. The number of anilines is 4. The lowest BCUT2D eigenvalue weighted by molar-refractivity contribution is 0.0257. The molecule has 10 heteroatoms. The molecule has 1 saturated heterocycles. The Labute approximate surface area is 202 Å². The van der Waals surface area contributed by atoms with Crippen LogP contribution in [-0.2, 0) is 0 Å². The molecule has 1 N–H and O–H groups in total. The molecule has 4 heterocycles. The van der Waals surface area contributed by atoms with Gasteiger partial charge in [-0.15, -0.1) is 0 Å². The molecule has 35 heavy (non-hydrogen) atoms. The van der Waals surface area contributed by atoms with E-state index in [-0.39, 0.29) is 25.0 Å². The summed E-state index contributed by atoms with van der Waals surface area (Å²) >= 11 is 0. The standard InChI is InChI=1S/C25H27F2N7O/c1-17-8-12-32(2)21-7-6-20(18-4-3-5-19(14-18)33-13-9-25(26,27)16-33)30-23(21)34(17)24(35)31-22-15-28-10-11-29-22/h3-7,10-11,14-15,17H,8-9,12-13,16H2,1-2H3,(H,29,31,35)/t17-/m1/s1. The van der Waals surface area contributed by atoms with E-state index in [1.165, 1.54) is 12.4 Å². The van der Waals surface area contributed by atoms with Crippen LogP contribution < -0.4 is 20.0 Å². The van der Waals surface area contributed by atoms with Gasteiger partial charge in [0.05, 0.1) is 24.1 Å². The molecule has 0 bridgehead atoms. The molecular formula is C25H27F2N7O. The fourth-order valence-corrected chi connectivity index (χ4v) is 4.56. The summed E-state index contributed by atoms with van der Waals surface area (Å²) in [6.07, 6.45) is 5.16. The van der Waals surface area contributed by atoms with Crippen molar-refractivity contribution >= 4 is 29.0 Å². The van der Waals surface area contributed by atoms with Crippen molar-refractivity contribution in [2.24, 2.45) is 0 Å². The number of alkyl halides is 2. The van der Waals surface area contributed by atoms with Gasteiger partial charge in [-0.2, -0.15) is 0 Å². The number of benzene rings is 1.